The van der Waals surface area contributed by atoms with Crippen LogP contribution in [0.4, 0.5) is 4.39 Å². The Kier molecular flexibility index (Phi) is 4.32. The normalized spacial score (nSPS) is 12.6. The predicted octanol–water partition coefficient (Wildman–Crippen LogP) is 3.11. The molecular weight excluding hydrogens is 241 g/mol. The molecule has 0 aliphatic heterocycles. The summed E-state index contributed by atoms with van der Waals surface area (Å²) in [5.41, 5.74) is 3.48. The van der Waals surface area contributed by atoms with Gasteiger partial charge in [0.2, 0.25) is 0 Å². The first-order valence-electron chi connectivity index (χ1n) is 6.58. The van der Waals surface area contributed by atoms with Crippen LogP contribution in [0.15, 0.2) is 30.5 Å². The Hall–Kier alpha value is -1.68. The molecule has 19 heavy (non-hydrogen) atoms. The van der Waals surface area contributed by atoms with E-state index < -0.39 is 0 Å². The maximum Gasteiger partial charge on any atom is 0.123 e. The molecule has 1 N–H and O–H groups in total. The highest BCUT2D eigenvalue weighted by Crippen LogP contribution is 2.18. The van der Waals surface area contributed by atoms with E-state index in [-0.39, 0.29) is 11.9 Å². The van der Waals surface area contributed by atoms with E-state index in [4.69, 9.17) is 0 Å². The minimum absolute atomic E-state index is 0.193. The third-order valence-corrected chi connectivity index (χ3v) is 3.56. The molecule has 0 aliphatic rings. The summed E-state index contributed by atoms with van der Waals surface area (Å²) in [6.07, 6.45) is 2.85. The van der Waals surface area contributed by atoms with Crippen LogP contribution in [-0.4, -0.2) is 9.78 Å². The second-order valence-electron chi connectivity index (χ2n) is 4.77. The SMILES string of the molecule is CCC(NCc1cnn(C)c1C)c1ccc(F)cc1. The molecule has 0 amide bonds. The number of aromatic nitrogens is 2. The van der Waals surface area contributed by atoms with Crippen molar-refractivity contribution in [2.24, 2.45) is 7.05 Å². The van der Waals surface area contributed by atoms with Crippen molar-refractivity contribution in [1.29, 1.82) is 0 Å². The number of hydrogen-bond donors (Lipinski definition) is 1. The van der Waals surface area contributed by atoms with E-state index in [0.717, 1.165) is 18.5 Å². The molecular formula is C15H20FN3. The summed E-state index contributed by atoms with van der Waals surface area (Å²) >= 11 is 0. The van der Waals surface area contributed by atoms with Crippen LogP contribution in [0, 0.1) is 12.7 Å². The predicted molar refractivity (Wildman–Crippen MR) is 74.2 cm³/mol. The summed E-state index contributed by atoms with van der Waals surface area (Å²) in [7, 11) is 1.94. The van der Waals surface area contributed by atoms with Gasteiger partial charge in [0.1, 0.15) is 5.82 Å². The fraction of sp³-hybridized carbons (Fsp3) is 0.400. The van der Waals surface area contributed by atoms with Crippen LogP contribution in [0.1, 0.15) is 36.2 Å². The molecule has 3 nitrogen and oxygen atoms in total. The number of nitrogens with zero attached hydrogens (tertiary/aromatic N) is 2. The number of hydrogen-bond acceptors (Lipinski definition) is 2. The van der Waals surface area contributed by atoms with E-state index in [1.807, 2.05) is 30.1 Å². The van der Waals surface area contributed by atoms with E-state index in [1.165, 1.54) is 23.4 Å². The van der Waals surface area contributed by atoms with E-state index in [1.54, 1.807) is 0 Å². The lowest BCUT2D eigenvalue weighted by Crippen LogP contribution is -2.20. The zero-order valence-corrected chi connectivity index (χ0v) is 11.7. The highest BCUT2D eigenvalue weighted by molar-refractivity contribution is 5.21. The van der Waals surface area contributed by atoms with E-state index in [9.17, 15) is 4.39 Å². The average Bonchev–Trinajstić information content (AvgIpc) is 2.73. The lowest BCUT2D eigenvalue weighted by atomic mass is 10.0. The van der Waals surface area contributed by atoms with Crippen LogP contribution in [-0.2, 0) is 13.6 Å². The monoisotopic (exact) mass is 261 g/mol. The van der Waals surface area contributed by atoms with Gasteiger partial charge in [-0.25, -0.2) is 4.39 Å². The minimum atomic E-state index is -0.193. The number of aryl methyl sites for hydroxylation is 1. The first-order chi connectivity index (χ1) is 9.11. The molecule has 1 aromatic carbocycles. The molecule has 0 saturated heterocycles. The Morgan fingerprint density at radius 1 is 1.32 bits per heavy atom. The summed E-state index contributed by atoms with van der Waals surface area (Å²) in [4.78, 5) is 0. The first-order valence-corrected chi connectivity index (χ1v) is 6.58. The lowest BCUT2D eigenvalue weighted by molar-refractivity contribution is 0.516. The Morgan fingerprint density at radius 2 is 2.00 bits per heavy atom. The van der Waals surface area contributed by atoms with E-state index >= 15 is 0 Å². The van der Waals surface area contributed by atoms with Crippen molar-refractivity contribution in [3.8, 4) is 0 Å². The number of rotatable bonds is 5. The molecule has 0 spiro atoms. The highest BCUT2D eigenvalue weighted by atomic mass is 19.1. The Morgan fingerprint density at radius 3 is 2.53 bits per heavy atom. The largest absolute Gasteiger partial charge is 0.306 e. The zero-order valence-electron chi connectivity index (χ0n) is 11.7. The molecule has 0 radical (unpaired) electrons. The van der Waals surface area contributed by atoms with Gasteiger partial charge in [0.15, 0.2) is 0 Å². The van der Waals surface area contributed by atoms with Crippen LogP contribution in [0.5, 0.6) is 0 Å². The van der Waals surface area contributed by atoms with Crippen LogP contribution >= 0.6 is 0 Å². The average molecular weight is 261 g/mol. The van der Waals surface area contributed by atoms with Gasteiger partial charge >= 0.3 is 0 Å². The standard InChI is InChI=1S/C15H20FN3/c1-4-15(12-5-7-14(16)8-6-12)17-9-13-10-18-19(3)11(13)2/h5-8,10,15,17H,4,9H2,1-3H3. The minimum Gasteiger partial charge on any atom is -0.306 e. The smallest absolute Gasteiger partial charge is 0.123 e. The van der Waals surface area contributed by atoms with Crippen LogP contribution in [0.3, 0.4) is 0 Å². The van der Waals surface area contributed by atoms with Gasteiger partial charge < -0.3 is 5.32 Å². The van der Waals surface area contributed by atoms with E-state index in [2.05, 4.69) is 24.3 Å². The summed E-state index contributed by atoms with van der Waals surface area (Å²) in [5.74, 6) is -0.193. The molecule has 0 fully saturated rings. The van der Waals surface area contributed by atoms with Crippen molar-refractivity contribution in [3.63, 3.8) is 0 Å². The third-order valence-electron chi connectivity index (χ3n) is 3.56. The van der Waals surface area contributed by atoms with Gasteiger partial charge in [-0.3, -0.25) is 4.68 Å². The molecule has 0 bridgehead atoms. The van der Waals surface area contributed by atoms with Gasteiger partial charge in [0.05, 0.1) is 6.20 Å². The molecule has 102 valence electrons. The van der Waals surface area contributed by atoms with Gasteiger partial charge in [0, 0.05) is 30.9 Å². The van der Waals surface area contributed by atoms with Crippen molar-refractivity contribution in [2.45, 2.75) is 32.9 Å². The van der Waals surface area contributed by atoms with Crippen molar-refractivity contribution in [3.05, 3.63) is 53.1 Å². The fourth-order valence-corrected chi connectivity index (χ4v) is 2.14. The van der Waals surface area contributed by atoms with Gasteiger partial charge in [-0.1, -0.05) is 19.1 Å². The van der Waals surface area contributed by atoms with Gasteiger partial charge in [-0.15, -0.1) is 0 Å². The summed E-state index contributed by atoms with van der Waals surface area (Å²) in [5, 5.41) is 7.73. The second-order valence-corrected chi connectivity index (χ2v) is 4.77. The number of halogens is 1. The maximum atomic E-state index is 12.9. The van der Waals surface area contributed by atoms with Gasteiger partial charge in [-0.2, -0.15) is 5.10 Å². The maximum absolute atomic E-state index is 12.9. The van der Waals surface area contributed by atoms with Gasteiger partial charge in [-0.05, 0) is 31.0 Å². The molecule has 2 aromatic rings. The molecule has 4 heteroatoms. The summed E-state index contributed by atoms with van der Waals surface area (Å²) in [6, 6.07) is 6.93. The number of benzene rings is 1. The third kappa shape index (κ3) is 3.20. The van der Waals surface area contributed by atoms with Crippen LogP contribution in [0.25, 0.3) is 0 Å². The quantitative estimate of drug-likeness (QED) is 0.896. The topological polar surface area (TPSA) is 29.9 Å². The number of nitrogens with one attached hydrogen (secondary N) is 1. The molecule has 1 atom stereocenters. The van der Waals surface area contributed by atoms with Crippen LogP contribution < -0.4 is 5.32 Å². The highest BCUT2D eigenvalue weighted by Gasteiger charge is 2.10. The summed E-state index contributed by atoms with van der Waals surface area (Å²) < 4.78 is 14.8. The van der Waals surface area contributed by atoms with Crippen molar-refractivity contribution in [1.82, 2.24) is 15.1 Å². The Labute approximate surface area is 113 Å². The molecule has 1 unspecified atom stereocenters. The second kappa shape index (κ2) is 5.97. The molecule has 1 heterocycles. The van der Waals surface area contributed by atoms with Crippen molar-refractivity contribution in [2.75, 3.05) is 0 Å². The van der Waals surface area contributed by atoms with Crippen molar-refractivity contribution >= 4 is 0 Å². The van der Waals surface area contributed by atoms with Crippen molar-refractivity contribution < 1.29 is 4.39 Å². The first kappa shape index (κ1) is 13.7. The molecule has 2 rings (SSSR count). The lowest BCUT2D eigenvalue weighted by Gasteiger charge is -2.17. The van der Waals surface area contributed by atoms with E-state index in [0.29, 0.717) is 0 Å². The van der Waals surface area contributed by atoms with Crippen LogP contribution in [0.2, 0.25) is 0 Å². The zero-order chi connectivity index (χ0) is 13.8. The summed E-state index contributed by atoms with van der Waals surface area (Å²) in [6.45, 7) is 4.95. The van der Waals surface area contributed by atoms with Gasteiger partial charge in [0.25, 0.3) is 0 Å². The fourth-order valence-electron chi connectivity index (χ4n) is 2.14. The molecule has 0 saturated carbocycles. The Bertz CT molecular complexity index is 531. The molecule has 1 aromatic heterocycles. The Balaban J connectivity index is 2.03. The molecule has 0 aliphatic carbocycles.